The van der Waals surface area contributed by atoms with Crippen molar-refractivity contribution in [3.8, 4) is 11.1 Å². The van der Waals surface area contributed by atoms with Crippen molar-refractivity contribution in [1.82, 2.24) is 15.2 Å². The summed E-state index contributed by atoms with van der Waals surface area (Å²) in [6.07, 6.45) is 3.77. The highest BCUT2D eigenvalue weighted by molar-refractivity contribution is 5.99. The first kappa shape index (κ1) is 25.9. The molecule has 1 aliphatic heterocycles. The Morgan fingerprint density at radius 3 is 2.51 bits per heavy atom. The van der Waals surface area contributed by atoms with Gasteiger partial charge in [-0.3, -0.25) is 14.4 Å². The van der Waals surface area contributed by atoms with E-state index in [1.54, 1.807) is 23.2 Å². The van der Waals surface area contributed by atoms with Crippen molar-refractivity contribution in [2.45, 2.75) is 25.3 Å². The third-order valence-corrected chi connectivity index (χ3v) is 6.99. The number of fused-ring (bicyclic) bond motifs is 1. The number of hydrogen-bond acceptors (Lipinski definition) is 6. The molecule has 1 unspecified atom stereocenters. The molecule has 2 amide bonds. The second kappa shape index (κ2) is 11.8. The Hall–Kier alpha value is -4.72. The lowest BCUT2D eigenvalue weighted by Gasteiger charge is -2.24. The fraction of sp³-hybridized carbons (Fsp3) is 0.226. The number of ketones is 1. The van der Waals surface area contributed by atoms with Crippen molar-refractivity contribution < 1.29 is 14.4 Å². The van der Waals surface area contributed by atoms with Gasteiger partial charge in [-0.1, -0.05) is 42.5 Å². The summed E-state index contributed by atoms with van der Waals surface area (Å²) >= 11 is 0. The van der Waals surface area contributed by atoms with E-state index in [1.807, 2.05) is 66.7 Å². The van der Waals surface area contributed by atoms with Gasteiger partial charge in [-0.15, -0.1) is 0 Å². The SMILES string of the molecule is Nc1nccc2cc(NCC(=O)CN3CCCCC(NC(=O)c4ccc(-c5ccccc5)cc4)C3=O)ccc12. The number of Topliss-reactive ketones (excluding diaryl/α,β-unsaturated/α-hetero) is 1. The van der Waals surface area contributed by atoms with E-state index in [0.29, 0.717) is 24.3 Å². The van der Waals surface area contributed by atoms with Gasteiger partial charge in [0.2, 0.25) is 5.91 Å². The van der Waals surface area contributed by atoms with Crippen molar-refractivity contribution >= 4 is 39.9 Å². The lowest BCUT2D eigenvalue weighted by molar-refractivity contribution is -0.136. The van der Waals surface area contributed by atoms with Crippen molar-refractivity contribution in [2.24, 2.45) is 0 Å². The third-order valence-electron chi connectivity index (χ3n) is 6.99. The van der Waals surface area contributed by atoms with Gasteiger partial charge in [-0.2, -0.15) is 0 Å². The number of amides is 2. The maximum Gasteiger partial charge on any atom is 0.251 e. The second-order valence-corrected chi connectivity index (χ2v) is 9.75. The fourth-order valence-electron chi connectivity index (χ4n) is 4.86. The zero-order valence-corrected chi connectivity index (χ0v) is 21.6. The third kappa shape index (κ3) is 6.23. The van der Waals surface area contributed by atoms with E-state index in [0.717, 1.165) is 40.4 Å². The second-order valence-electron chi connectivity index (χ2n) is 9.75. The molecule has 4 aromatic rings. The average Bonchev–Trinajstić information content (AvgIpc) is 3.13. The van der Waals surface area contributed by atoms with Gasteiger partial charge in [-0.05, 0) is 72.2 Å². The molecule has 3 aromatic carbocycles. The zero-order valence-electron chi connectivity index (χ0n) is 21.6. The van der Waals surface area contributed by atoms with Crippen LogP contribution in [0.1, 0.15) is 29.6 Å². The van der Waals surface area contributed by atoms with Crippen molar-refractivity contribution in [1.29, 1.82) is 0 Å². The topological polar surface area (TPSA) is 117 Å². The summed E-state index contributed by atoms with van der Waals surface area (Å²) in [6, 6.07) is 24.1. The number of nitrogens with one attached hydrogen (secondary N) is 2. The molecule has 0 bridgehead atoms. The molecule has 2 heterocycles. The summed E-state index contributed by atoms with van der Waals surface area (Å²) < 4.78 is 0. The summed E-state index contributed by atoms with van der Waals surface area (Å²) in [5.41, 5.74) is 9.27. The predicted molar refractivity (Wildman–Crippen MR) is 153 cm³/mol. The molecule has 1 atom stereocenters. The van der Waals surface area contributed by atoms with Gasteiger partial charge in [-0.25, -0.2) is 4.98 Å². The van der Waals surface area contributed by atoms with E-state index in [2.05, 4.69) is 15.6 Å². The molecule has 0 spiro atoms. The Morgan fingerprint density at radius 1 is 0.949 bits per heavy atom. The summed E-state index contributed by atoms with van der Waals surface area (Å²) in [6.45, 7) is 0.569. The Labute approximate surface area is 227 Å². The van der Waals surface area contributed by atoms with Crippen LogP contribution in [0, 0.1) is 0 Å². The quantitative estimate of drug-likeness (QED) is 0.319. The number of carbonyl (C=O) groups excluding carboxylic acids is 3. The molecule has 1 saturated heterocycles. The molecule has 0 aliphatic carbocycles. The monoisotopic (exact) mass is 521 g/mol. The van der Waals surface area contributed by atoms with Gasteiger partial charge in [0.25, 0.3) is 5.91 Å². The minimum Gasteiger partial charge on any atom is -0.383 e. The lowest BCUT2D eigenvalue weighted by atomic mass is 10.0. The standard InChI is InChI=1S/C31H31N5O3/c32-29-27-14-13-25(18-24(27)15-16-33-29)34-19-26(37)20-36-17-5-4-8-28(31(36)39)35-30(38)23-11-9-22(10-12-23)21-6-2-1-3-7-21/h1-3,6-7,9-16,18,28,34H,4-5,8,17,19-20H2,(H2,32,33)(H,35,38). The van der Waals surface area contributed by atoms with Crippen molar-refractivity contribution in [2.75, 3.05) is 30.7 Å². The first-order valence-electron chi connectivity index (χ1n) is 13.1. The Morgan fingerprint density at radius 2 is 1.72 bits per heavy atom. The van der Waals surface area contributed by atoms with Gasteiger partial charge in [0.05, 0.1) is 13.1 Å². The molecule has 1 aromatic heterocycles. The highest BCUT2D eigenvalue weighted by Crippen LogP contribution is 2.23. The Kier molecular flexibility index (Phi) is 7.82. The van der Waals surface area contributed by atoms with Gasteiger partial charge in [0, 0.05) is 29.4 Å². The molecular formula is C31H31N5O3. The number of anilines is 2. The van der Waals surface area contributed by atoms with Crippen LogP contribution in [0.2, 0.25) is 0 Å². The number of nitrogens with two attached hydrogens (primary N) is 1. The maximum absolute atomic E-state index is 13.3. The van der Waals surface area contributed by atoms with E-state index in [4.69, 9.17) is 5.73 Å². The minimum absolute atomic E-state index is 0.00553. The molecule has 5 rings (SSSR count). The molecule has 1 aliphatic rings. The predicted octanol–water partition coefficient (Wildman–Crippen LogP) is 4.28. The van der Waals surface area contributed by atoms with E-state index in [9.17, 15) is 14.4 Å². The van der Waals surface area contributed by atoms with Gasteiger partial charge >= 0.3 is 0 Å². The number of rotatable bonds is 8. The van der Waals surface area contributed by atoms with Crippen LogP contribution in [0.15, 0.2) is 85.1 Å². The smallest absolute Gasteiger partial charge is 0.251 e. The highest BCUT2D eigenvalue weighted by Gasteiger charge is 2.29. The van der Waals surface area contributed by atoms with E-state index >= 15 is 0 Å². The maximum atomic E-state index is 13.3. The number of benzene rings is 3. The van der Waals surface area contributed by atoms with Crippen molar-refractivity contribution in [3.63, 3.8) is 0 Å². The van der Waals surface area contributed by atoms with Crippen LogP contribution in [-0.2, 0) is 9.59 Å². The summed E-state index contributed by atoms with van der Waals surface area (Å²) in [5.74, 6) is -0.166. The average molecular weight is 522 g/mol. The van der Waals surface area contributed by atoms with Gasteiger partial charge in [0.15, 0.2) is 5.78 Å². The number of nitrogens with zero attached hydrogens (tertiary/aromatic N) is 2. The normalized spacial score (nSPS) is 15.5. The molecule has 198 valence electrons. The molecule has 8 nitrogen and oxygen atoms in total. The van der Waals surface area contributed by atoms with E-state index < -0.39 is 6.04 Å². The highest BCUT2D eigenvalue weighted by atomic mass is 16.2. The lowest BCUT2D eigenvalue weighted by Crippen LogP contribution is -2.49. The summed E-state index contributed by atoms with van der Waals surface area (Å²) in [7, 11) is 0. The molecule has 4 N–H and O–H groups in total. The Balaban J connectivity index is 1.17. The number of pyridine rings is 1. The van der Waals surface area contributed by atoms with Crippen LogP contribution < -0.4 is 16.4 Å². The first-order chi connectivity index (χ1) is 19.0. The van der Waals surface area contributed by atoms with Crippen LogP contribution in [0.25, 0.3) is 21.9 Å². The zero-order chi connectivity index (χ0) is 27.2. The van der Waals surface area contributed by atoms with Gasteiger partial charge < -0.3 is 21.3 Å². The Bertz CT molecular complexity index is 1490. The van der Waals surface area contributed by atoms with E-state index in [-0.39, 0.29) is 30.7 Å². The number of likely N-dealkylation sites (tertiary alicyclic amines) is 1. The molecule has 0 radical (unpaired) electrons. The van der Waals surface area contributed by atoms with Crippen LogP contribution in [0.5, 0.6) is 0 Å². The molecule has 8 heteroatoms. The van der Waals surface area contributed by atoms with Crippen molar-refractivity contribution in [3.05, 3.63) is 90.6 Å². The number of carbonyl (C=O) groups is 3. The van der Waals surface area contributed by atoms with Crippen LogP contribution >= 0.6 is 0 Å². The summed E-state index contributed by atoms with van der Waals surface area (Å²) in [4.78, 5) is 44.6. The molecular weight excluding hydrogens is 490 g/mol. The van der Waals surface area contributed by atoms with Gasteiger partial charge in [0.1, 0.15) is 11.9 Å². The minimum atomic E-state index is -0.658. The number of nitrogen functional groups attached to an aromatic ring is 1. The largest absolute Gasteiger partial charge is 0.383 e. The number of hydrogen-bond donors (Lipinski definition) is 3. The van der Waals surface area contributed by atoms with Crippen LogP contribution in [-0.4, -0.2) is 53.2 Å². The summed E-state index contributed by atoms with van der Waals surface area (Å²) in [5, 5.41) is 7.81. The van der Waals surface area contributed by atoms with E-state index in [1.165, 1.54) is 0 Å². The van der Waals surface area contributed by atoms with Crippen LogP contribution in [0.3, 0.4) is 0 Å². The molecule has 0 saturated carbocycles. The number of aromatic nitrogens is 1. The molecule has 39 heavy (non-hydrogen) atoms. The van der Waals surface area contributed by atoms with Crippen LogP contribution in [0.4, 0.5) is 11.5 Å². The first-order valence-corrected chi connectivity index (χ1v) is 13.1. The molecule has 1 fully saturated rings. The fourth-order valence-corrected chi connectivity index (χ4v) is 4.86.